The third-order valence-electron chi connectivity index (χ3n) is 4.62. The first-order valence-corrected chi connectivity index (χ1v) is 7.62. The Bertz CT molecular complexity index is 367. The van der Waals surface area contributed by atoms with Crippen molar-refractivity contribution >= 4 is 0 Å². The second-order valence-corrected chi connectivity index (χ2v) is 5.46. The standard InChI is InChI=1S/C17H30N2/c1-6-14-10-12-15(13-11-14)16(18)17(5,7-2)19(8-3)9-4/h10-13,16H,6-9,18H2,1-5H3. The molecule has 1 rings (SSSR count). The average molecular weight is 262 g/mol. The highest BCUT2D eigenvalue weighted by Crippen LogP contribution is 2.32. The molecule has 0 radical (unpaired) electrons. The molecule has 0 aromatic heterocycles. The molecule has 0 fully saturated rings. The van der Waals surface area contributed by atoms with E-state index in [1.807, 2.05) is 0 Å². The number of nitrogens with zero attached hydrogens (tertiary/aromatic N) is 1. The highest BCUT2D eigenvalue weighted by atomic mass is 15.2. The van der Waals surface area contributed by atoms with Gasteiger partial charge in [-0.25, -0.2) is 0 Å². The topological polar surface area (TPSA) is 29.3 Å². The summed E-state index contributed by atoms with van der Waals surface area (Å²) >= 11 is 0. The Morgan fingerprint density at radius 1 is 1.05 bits per heavy atom. The Morgan fingerprint density at radius 2 is 1.58 bits per heavy atom. The summed E-state index contributed by atoms with van der Waals surface area (Å²) in [6.45, 7) is 13.2. The van der Waals surface area contributed by atoms with Crippen molar-refractivity contribution in [2.45, 2.75) is 59.0 Å². The van der Waals surface area contributed by atoms with Crippen LogP contribution >= 0.6 is 0 Å². The van der Waals surface area contributed by atoms with Crippen LogP contribution in [0.1, 0.15) is 58.2 Å². The Morgan fingerprint density at radius 3 is 1.95 bits per heavy atom. The van der Waals surface area contributed by atoms with Gasteiger partial charge in [-0.05, 0) is 44.0 Å². The van der Waals surface area contributed by atoms with Crippen LogP contribution in [0.3, 0.4) is 0 Å². The molecule has 0 amide bonds. The second-order valence-electron chi connectivity index (χ2n) is 5.46. The molecule has 2 unspecified atom stereocenters. The number of hydrogen-bond donors (Lipinski definition) is 1. The van der Waals surface area contributed by atoms with Crippen LogP contribution in [0.25, 0.3) is 0 Å². The third-order valence-corrected chi connectivity index (χ3v) is 4.62. The summed E-state index contributed by atoms with van der Waals surface area (Å²) in [6, 6.07) is 8.85. The van der Waals surface area contributed by atoms with Gasteiger partial charge in [-0.15, -0.1) is 0 Å². The second kappa shape index (κ2) is 7.06. The fourth-order valence-corrected chi connectivity index (χ4v) is 2.91. The Hall–Kier alpha value is -0.860. The van der Waals surface area contributed by atoms with Gasteiger partial charge in [0.25, 0.3) is 0 Å². The van der Waals surface area contributed by atoms with Crippen molar-refractivity contribution in [1.29, 1.82) is 0 Å². The minimum absolute atomic E-state index is 0.0250. The fourth-order valence-electron chi connectivity index (χ4n) is 2.91. The smallest absolute Gasteiger partial charge is 0.0479 e. The first kappa shape index (κ1) is 16.2. The molecule has 2 nitrogen and oxygen atoms in total. The summed E-state index contributed by atoms with van der Waals surface area (Å²) in [5, 5.41) is 0. The van der Waals surface area contributed by atoms with Crippen LogP contribution in [0.5, 0.6) is 0 Å². The Labute approximate surface area is 119 Å². The fraction of sp³-hybridized carbons (Fsp3) is 0.647. The van der Waals surface area contributed by atoms with Crippen LogP contribution in [-0.4, -0.2) is 23.5 Å². The monoisotopic (exact) mass is 262 g/mol. The zero-order valence-electron chi connectivity index (χ0n) is 13.2. The van der Waals surface area contributed by atoms with Gasteiger partial charge in [0.05, 0.1) is 0 Å². The first-order chi connectivity index (χ1) is 9.03. The third kappa shape index (κ3) is 3.37. The van der Waals surface area contributed by atoms with E-state index in [-0.39, 0.29) is 11.6 Å². The molecule has 108 valence electrons. The van der Waals surface area contributed by atoms with Crippen LogP contribution in [-0.2, 0) is 6.42 Å². The molecule has 2 N–H and O–H groups in total. The quantitative estimate of drug-likeness (QED) is 0.810. The van der Waals surface area contributed by atoms with Gasteiger partial charge in [-0.1, -0.05) is 52.0 Å². The van der Waals surface area contributed by atoms with E-state index < -0.39 is 0 Å². The number of hydrogen-bond acceptors (Lipinski definition) is 2. The van der Waals surface area contributed by atoms with Crippen molar-refractivity contribution in [3.63, 3.8) is 0 Å². The van der Waals surface area contributed by atoms with Gasteiger partial charge in [-0.2, -0.15) is 0 Å². The van der Waals surface area contributed by atoms with Crippen molar-refractivity contribution in [1.82, 2.24) is 4.90 Å². The van der Waals surface area contributed by atoms with Gasteiger partial charge in [-0.3, -0.25) is 4.90 Å². The van der Waals surface area contributed by atoms with Crippen molar-refractivity contribution in [2.24, 2.45) is 5.73 Å². The van der Waals surface area contributed by atoms with E-state index in [2.05, 4.69) is 63.8 Å². The highest BCUT2D eigenvalue weighted by molar-refractivity contribution is 5.27. The van der Waals surface area contributed by atoms with Crippen molar-refractivity contribution in [3.8, 4) is 0 Å². The van der Waals surface area contributed by atoms with Crippen molar-refractivity contribution < 1.29 is 0 Å². The number of benzene rings is 1. The maximum atomic E-state index is 6.59. The molecule has 0 bridgehead atoms. The van der Waals surface area contributed by atoms with E-state index in [0.717, 1.165) is 25.9 Å². The number of likely N-dealkylation sites (N-methyl/N-ethyl adjacent to an activating group) is 1. The molecule has 0 spiro atoms. The van der Waals surface area contributed by atoms with Gasteiger partial charge in [0.15, 0.2) is 0 Å². The maximum Gasteiger partial charge on any atom is 0.0479 e. The van der Waals surface area contributed by atoms with Gasteiger partial charge >= 0.3 is 0 Å². The lowest BCUT2D eigenvalue weighted by Gasteiger charge is -2.44. The Kier molecular flexibility index (Phi) is 6.02. The average Bonchev–Trinajstić information content (AvgIpc) is 2.47. The van der Waals surface area contributed by atoms with E-state index in [0.29, 0.717) is 0 Å². The van der Waals surface area contributed by atoms with Gasteiger partial charge in [0.2, 0.25) is 0 Å². The summed E-state index contributed by atoms with van der Waals surface area (Å²) in [7, 11) is 0. The lowest BCUT2D eigenvalue weighted by molar-refractivity contribution is 0.0844. The summed E-state index contributed by atoms with van der Waals surface area (Å²) in [4.78, 5) is 2.48. The minimum Gasteiger partial charge on any atom is -0.322 e. The highest BCUT2D eigenvalue weighted by Gasteiger charge is 2.35. The minimum atomic E-state index is 0.0250. The van der Waals surface area contributed by atoms with Crippen LogP contribution in [0.4, 0.5) is 0 Å². The predicted octanol–water partition coefficient (Wildman–Crippen LogP) is 3.76. The summed E-state index contributed by atoms with van der Waals surface area (Å²) in [6.07, 6.45) is 2.14. The first-order valence-electron chi connectivity index (χ1n) is 7.62. The van der Waals surface area contributed by atoms with Crippen molar-refractivity contribution in [2.75, 3.05) is 13.1 Å². The molecule has 0 aliphatic carbocycles. The summed E-state index contributed by atoms with van der Waals surface area (Å²) < 4.78 is 0. The Balaban J connectivity index is 3.02. The molecule has 1 aromatic rings. The maximum absolute atomic E-state index is 6.59. The zero-order chi connectivity index (χ0) is 14.5. The SMILES string of the molecule is CCc1ccc(C(N)C(C)(CC)N(CC)CC)cc1. The van der Waals surface area contributed by atoms with Crippen LogP contribution in [0.2, 0.25) is 0 Å². The van der Waals surface area contributed by atoms with E-state index in [1.54, 1.807) is 0 Å². The van der Waals surface area contributed by atoms with Gasteiger partial charge in [0.1, 0.15) is 0 Å². The largest absolute Gasteiger partial charge is 0.322 e. The van der Waals surface area contributed by atoms with Gasteiger partial charge in [0, 0.05) is 11.6 Å². The van der Waals surface area contributed by atoms with E-state index in [1.165, 1.54) is 11.1 Å². The number of aryl methyl sites for hydroxylation is 1. The van der Waals surface area contributed by atoms with E-state index >= 15 is 0 Å². The molecular formula is C17H30N2. The number of rotatable bonds is 7. The molecule has 1 aromatic carbocycles. The lowest BCUT2D eigenvalue weighted by Crippen LogP contribution is -2.52. The molecular weight excluding hydrogens is 232 g/mol. The van der Waals surface area contributed by atoms with Crippen LogP contribution in [0.15, 0.2) is 24.3 Å². The summed E-state index contributed by atoms with van der Waals surface area (Å²) in [5.41, 5.74) is 9.23. The van der Waals surface area contributed by atoms with Crippen molar-refractivity contribution in [3.05, 3.63) is 35.4 Å². The van der Waals surface area contributed by atoms with E-state index in [4.69, 9.17) is 5.73 Å². The van der Waals surface area contributed by atoms with E-state index in [9.17, 15) is 0 Å². The lowest BCUT2D eigenvalue weighted by atomic mass is 9.83. The molecule has 2 heteroatoms. The van der Waals surface area contributed by atoms with Gasteiger partial charge < -0.3 is 5.73 Å². The summed E-state index contributed by atoms with van der Waals surface area (Å²) in [5.74, 6) is 0. The zero-order valence-corrected chi connectivity index (χ0v) is 13.2. The molecule has 0 aliphatic heterocycles. The molecule has 2 atom stereocenters. The normalized spacial score (nSPS) is 16.4. The molecule has 0 heterocycles. The molecule has 0 saturated heterocycles. The predicted molar refractivity (Wildman–Crippen MR) is 84.4 cm³/mol. The van der Waals surface area contributed by atoms with Crippen LogP contribution < -0.4 is 5.73 Å². The van der Waals surface area contributed by atoms with Crippen LogP contribution in [0, 0.1) is 0 Å². The molecule has 19 heavy (non-hydrogen) atoms. The number of nitrogens with two attached hydrogens (primary N) is 1. The molecule has 0 aliphatic rings. The molecule has 0 saturated carbocycles.